The Labute approximate surface area is 96.0 Å². The largest absolute Gasteiger partial charge is 0.475 e. The molecule has 1 rings (SSSR count). The van der Waals surface area contributed by atoms with Crippen molar-refractivity contribution in [2.75, 3.05) is 13.7 Å². The highest BCUT2D eigenvalue weighted by molar-refractivity contribution is 6.06. The average Bonchev–Trinajstić information content (AvgIpc) is 2.34. The normalized spacial score (nSPS) is 9.47. The molecule has 1 N–H and O–H groups in total. The zero-order chi connectivity index (χ0) is 12.8. The quantitative estimate of drug-likeness (QED) is 0.464. The monoisotopic (exact) mass is 240 g/mol. The molecule has 90 valence electrons. The lowest BCUT2D eigenvalue weighted by Gasteiger charge is -2.04. The third-order valence-electron chi connectivity index (χ3n) is 1.94. The van der Waals surface area contributed by atoms with Crippen LogP contribution in [0.2, 0.25) is 0 Å². The van der Waals surface area contributed by atoms with E-state index in [0.717, 1.165) is 0 Å². The summed E-state index contributed by atoms with van der Waals surface area (Å²) in [5.41, 5.74) is 0.125. The summed E-state index contributed by atoms with van der Waals surface area (Å²) < 4.78 is 4.50. The number of carbonyl (C=O) groups excluding carboxylic acids is 2. The number of nitrogens with zero attached hydrogens (tertiary/aromatic N) is 1. The molecule has 0 saturated heterocycles. The van der Waals surface area contributed by atoms with Crippen LogP contribution in [0.3, 0.4) is 0 Å². The summed E-state index contributed by atoms with van der Waals surface area (Å²) in [6.07, 6.45) is 0. The van der Waals surface area contributed by atoms with E-state index in [1.165, 1.54) is 19.2 Å². The molecule has 0 aliphatic heterocycles. The summed E-state index contributed by atoms with van der Waals surface area (Å²) in [7, 11) is 1.19. The number of benzene rings is 1. The maximum Gasteiger partial charge on any atom is 0.475 e. The van der Waals surface area contributed by atoms with Crippen LogP contribution in [0.25, 0.3) is 0 Å². The highest BCUT2D eigenvalue weighted by atomic mass is 16.9. The third-order valence-corrected chi connectivity index (χ3v) is 1.94. The molecule has 0 heterocycles. The minimum atomic E-state index is -0.821. The number of hydrogen-bond donors (Lipinski definition) is 1. The number of methoxy groups -OCH3 is 1. The fraction of sp³-hybridized carbons (Fsp3) is 0.200. The molecule has 7 heteroatoms. The molecule has 0 bridgehead atoms. The molecule has 0 fully saturated rings. The summed E-state index contributed by atoms with van der Waals surface area (Å²) in [6, 6.07) is 5.92. The first kappa shape index (κ1) is 12.6. The van der Waals surface area contributed by atoms with Gasteiger partial charge in [0.25, 0.3) is 0 Å². The predicted molar refractivity (Wildman–Crippen MR) is 53.5 cm³/mol. The second-order valence-corrected chi connectivity index (χ2v) is 2.97. The Morgan fingerprint density at radius 3 is 2.41 bits per heavy atom. The zero-order valence-corrected chi connectivity index (χ0v) is 8.95. The van der Waals surface area contributed by atoms with E-state index in [1.807, 2.05) is 0 Å². The van der Waals surface area contributed by atoms with E-state index in [0.29, 0.717) is 0 Å². The molecule has 0 amide bonds. The first-order valence-corrected chi connectivity index (χ1v) is 4.56. The highest BCUT2D eigenvalue weighted by Crippen LogP contribution is 2.11. The topological polar surface area (TPSA) is 92.9 Å². The fourth-order valence-corrected chi connectivity index (χ4v) is 1.21. The number of rotatable bonds is 5. The van der Waals surface area contributed by atoms with Gasteiger partial charge in [0.1, 0.15) is 4.91 Å². The number of carbonyl (C=O) groups is 2. The lowest BCUT2D eigenvalue weighted by atomic mass is 10.0. The van der Waals surface area contributed by atoms with Gasteiger partial charge < -0.3 is 4.74 Å². The van der Waals surface area contributed by atoms with Crippen molar-refractivity contribution in [3.63, 3.8) is 0 Å². The van der Waals surface area contributed by atoms with Crippen molar-refractivity contribution in [3.05, 3.63) is 40.3 Å². The Morgan fingerprint density at radius 1 is 1.29 bits per heavy atom. The van der Waals surface area contributed by atoms with Gasteiger partial charge in [-0.1, -0.05) is 18.2 Å². The molecule has 0 aliphatic carbocycles. The standard InChI is InChI=1S/C10H10NO6/c1-16-10(13)8-5-3-2-4-7(8)9(12)6-17-11(14)15/h2-5H,6H2,1H3,(H,14,15)/q+1. The molecule has 0 aliphatic rings. The van der Waals surface area contributed by atoms with E-state index >= 15 is 0 Å². The van der Waals surface area contributed by atoms with Crippen LogP contribution in [-0.4, -0.2) is 35.8 Å². The van der Waals surface area contributed by atoms with Crippen LogP contribution in [0.1, 0.15) is 20.7 Å². The van der Waals surface area contributed by atoms with E-state index in [2.05, 4.69) is 9.57 Å². The van der Waals surface area contributed by atoms with Crippen molar-refractivity contribution in [2.45, 2.75) is 0 Å². The number of hydrogen-bond acceptors (Lipinski definition) is 5. The molecule has 0 atom stereocenters. The van der Waals surface area contributed by atoms with Gasteiger partial charge in [0.15, 0.2) is 0 Å². The zero-order valence-electron chi connectivity index (χ0n) is 8.95. The second kappa shape index (κ2) is 5.59. The maximum absolute atomic E-state index is 11.6. The van der Waals surface area contributed by atoms with Gasteiger partial charge in [-0.15, -0.1) is 0 Å². The van der Waals surface area contributed by atoms with Crippen molar-refractivity contribution >= 4 is 11.8 Å². The molecule has 0 aromatic heterocycles. The molecular weight excluding hydrogens is 230 g/mol. The van der Waals surface area contributed by atoms with E-state index in [1.54, 1.807) is 12.1 Å². The Kier molecular flexibility index (Phi) is 4.15. The van der Waals surface area contributed by atoms with Gasteiger partial charge in [0, 0.05) is 5.56 Å². The Balaban J connectivity index is 2.93. The van der Waals surface area contributed by atoms with Crippen LogP contribution in [0.4, 0.5) is 0 Å². The molecule has 0 unspecified atom stereocenters. The Morgan fingerprint density at radius 2 is 1.88 bits per heavy atom. The van der Waals surface area contributed by atoms with Gasteiger partial charge >= 0.3 is 11.1 Å². The molecular formula is C10H10NO6+. The van der Waals surface area contributed by atoms with Crippen LogP contribution in [0, 0.1) is 4.91 Å². The predicted octanol–water partition coefficient (Wildman–Crippen LogP) is 0.756. The van der Waals surface area contributed by atoms with Crippen molar-refractivity contribution in [3.8, 4) is 0 Å². The van der Waals surface area contributed by atoms with Crippen molar-refractivity contribution in [1.29, 1.82) is 0 Å². The van der Waals surface area contributed by atoms with Crippen LogP contribution in [-0.2, 0) is 9.57 Å². The van der Waals surface area contributed by atoms with Gasteiger partial charge in [-0.2, -0.15) is 4.84 Å². The third kappa shape index (κ3) is 3.26. The maximum atomic E-state index is 11.6. The molecule has 1 aromatic rings. The Hall–Kier alpha value is -2.44. The summed E-state index contributed by atoms with van der Waals surface area (Å²) in [4.78, 5) is 37.0. The lowest BCUT2D eigenvalue weighted by Crippen LogP contribution is -2.17. The highest BCUT2D eigenvalue weighted by Gasteiger charge is 2.20. The first-order valence-electron chi connectivity index (χ1n) is 4.56. The number of ether oxygens (including phenoxy) is 1. The van der Waals surface area contributed by atoms with Gasteiger partial charge in [0.2, 0.25) is 12.4 Å². The van der Waals surface area contributed by atoms with Crippen LogP contribution < -0.4 is 0 Å². The van der Waals surface area contributed by atoms with Crippen LogP contribution in [0.5, 0.6) is 0 Å². The number of esters is 1. The van der Waals surface area contributed by atoms with Gasteiger partial charge in [-0.05, 0) is 6.07 Å². The summed E-state index contributed by atoms with van der Waals surface area (Å²) in [6.45, 7) is -0.673. The molecule has 17 heavy (non-hydrogen) atoms. The fourth-order valence-electron chi connectivity index (χ4n) is 1.21. The van der Waals surface area contributed by atoms with E-state index in [-0.39, 0.29) is 11.1 Å². The SMILES string of the molecule is COC(=O)c1ccccc1C(=O)CO[N+](=O)O. The van der Waals surface area contributed by atoms with Crippen molar-refractivity contribution < 1.29 is 29.5 Å². The van der Waals surface area contributed by atoms with Crippen molar-refractivity contribution in [1.82, 2.24) is 0 Å². The van der Waals surface area contributed by atoms with Gasteiger partial charge in [0.05, 0.1) is 12.7 Å². The number of Topliss-reactive ketones (excluding diaryl/α,β-unsaturated/α-hetero) is 1. The summed E-state index contributed by atoms with van der Waals surface area (Å²) in [5, 5.41) is 7.36. The number of ketones is 1. The molecule has 7 nitrogen and oxygen atoms in total. The molecule has 0 radical (unpaired) electrons. The molecule has 0 spiro atoms. The van der Waals surface area contributed by atoms with Crippen LogP contribution in [0.15, 0.2) is 24.3 Å². The van der Waals surface area contributed by atoms with E-state index in [4.69, 9.17) is 5.21 Å². The summed E-state index contributed by atoms with van der Waals surface area (Å²) >= 11 is 0. The average molecular weight is 240 g/mol. The molecule has 0 saturated carbocycles. The van der Waals surface area contributed by atoms with Crippen LogP contribution >= 0.6 is 0 Å². The summed E-state index contributed by atoms with van der Waals surface area (Å²) in [5.74, 6) is -1.29. The smallest absolute Gasteiger partial charge is 0.465 e. The van der Waals surface area contributed by atoms with Gasteiger partial charge in [-0.3, -0.25) is 4.79 Å². The first-order chi connectivity index (χ1) is 8.06. The van der Waals surface area contributed by atoms with Gasteiger partial charge in [-0.25, -0.2) is 10.0 Å². The van der Waals surface area contributed by atoms with Crippen molar-refractivity contribution in [2.24, 2.45) is 0 Å². The minimum absolute atomic E-state index is 0.0567. The Bertz CT molecular complexity index is 456. The van der Waals surface area contributed by atoms with E-state index in [9.17, 15) is 14.5 Å². The molecule has 1 aromatic carbocycles. The lowest BCUT2D eigenvalue weighted by molar-refractivity contribution is -0.973. The van der Waals surface area contributed by atoms with E-state index < -0.39 is 23.4 Å². The minimum Gasteiger partial charge on any atom is -0.465 e. The second-order valence-electron chi connectivity index (χ2n) is 2.97.